The van der Waals surface area contributed by atoms with Gasteiger partial charge < -0.3 is 15.5 Å². The minimum absolute atomic E-state index is 0.133. The van der Waals surface area contributed by atoms with E-state index in [9.17, 15) is 19.8 Å². The van der Waals surface area contributed by atoms with Crippen molar-refractivity contribution in [2.24, 2.45) is 0 Å². The molecule has 0 aromatic heterocycles. The van der Waals surface area contributed by atoms with E-state index < -0.39 is 12.0 Å². The van der Waals surface area contributed by atoms with Crippen molar-refractivity contribution in [1.29, 1.82) is 0 Å². The van der Waals surface area contributed by atoms with Crippen LogP contribution < -0.4 is 5.32 Å². The lowest BCUT2D eigenvalue weighted by atomic mass is 10.0. The van der Waals surface area contributed by atoms with Crippen LogP contribution in [0.25, 0.3) is 0 Å². The molecule has 0 saturated heterocycles. The Kier molecular flexibility index (Phi) is 15.9. The number of nitrogens with one attached hydrogen (secondary N) is 1. The molecule has 0 aliphatic heterocycles. The molecule has 0 unspecified atom stereocenters. The molecule has 1 aromatic rings. The summed E-state index contributed by atoms with van der Waals surface area (Å²) in [5.74, 6) is -1.13. The van der Waals surface area contributed by atoms with Gasteiger partial charge in [-0.2, -0.15) is 0 Å². The van der Waals surface area contributed by atoms with Gasteiger partial charge in [-0.25, -0.2) is 4.79 Å². The normalized spacial score (nSPS) is 12.2. The Bertz CT molecular complexity index is 654. The highest BCUT2D eigenvalue weighted by Gasteiger charge is 2.20. The molecule has 32 heavy (non-hydrogen) atoms. The van der Waals surface area contributed by atoms with Crippen molar-refractivity contribution < 1.29 is 19.8 Å². The molecule has 0 aliphatic carbocycles. The summed E-state index contributed by atoms with van der Waals surface area (Å²) in [6.45, 7) is 2.25. The zero-order chi connectivity index (χ0) is 23.4. The summed E-state index contributed by atoms with van der Waals surface area (Å²) >= 11 is 0. The maximum atomic E-state index is 12.1. The molecular weight excluding hydrogens is 402 g/mol. The number of aliphatic carboxylic acids is 1. The summed E-state index contributed by atoms with van der Waals surface area (Å²) in [5, 5.41) is 21.3. The van der Waals surface area contributed by atoms with E-state index in [0.29, 0.717) is 6.42 Å². The smallest absolute Gasteiger partial charge is 0.326 e. The van der Waals surface area contributed by atoms with Gasteiger partial charge in [0, 0.05) is 12.8 Å². The maximum absolute atomic E-state index is 12.1. The molecule has 3 N–H and O–H groups in total. The third-order valence-corrected chi connectivity index (χ3v) is 5.68. The Morgan fingerprint density at radius 2 is 1.38 bits per heavy atom. The predicted molar refractivity (Wildman–Crippen MR) is 131 cm³/mol. The summed E-state index contributed by atoms with van der Waals surface area (Å²) in [7, 11) is 0. The molecule has 0 heterocycles. The second-order valence-corrected chi connectivity index (χ2v) is 8.66. The molecule has 0 spiro atoms. The van der Waals surface area contributed by atoms with Crippen molar-refractivity contribution in [2.75, 3.05) is 0 Å². The summed E-state index contributed by atoms with van der Waals surface area (Å²) < 4.78 is 0. The van der Waals surface area contributed by atoms with Gasteiger partial charge in [-0.05, 0) is 49.8 Å². The Morgan fingerprint density at radius 1 is 0.844 bits per heavy atom. The lowest BCUT2D eigenvalue weighted by Gasteiger charge is -2.14. The quantitative estimate of drug-likeness (QED) is 0.167. The van der Waals surface area contributed by atoms with Crippen LogP contribution in [-0.2, 0) is 16.0 Å². The molecule has 0 radical (unpaired) electrons. The van der Waals surface area contributed by atoms with Crippen LogP contribution in [0.5, 0.6) is 5.75 Å². The topological polar surface area (TPSA) is 86.6 Å². The average molecular weight is 446 g/mol. The Hall–Kier alpha value is -2.30. The average Bonchev–Trinajstić information content (AvgIpc) is 2.77. The SMILES string of the molecule is CCCCCCCCC=CCCCCCCCC(=O)N[C@H](Cc1ccc(O)cc1)C(=O)O. The fraction of sp³-hybridized carbons (Fsp3) is 0.630. The second kappa shape index (κ2) is 18.3. The van der Waals surface area contributed by atoms with E-state index in [2.05, 4.69) is 24.4 Å². The fourth-order valence-corrected chi connectivity index (χ4v) is 3.69. The minimum Gasteiger partial charge on any atom is -0.508 e. The standard InChI is InChI=1S/C27H43NO4/c1-2-3-4-5-6-7-8-9-10-11-12-13-14-15-16-17-26(30)28-25(27(31)32)22-23-18-20-24(29)21-19-23/h9-10,18-21,25,29H,2-8,11-17,22H2,1H3,(H,28,30)(H,31,32)/t25-/m1/s1. The van der Waals surface area contributed by atoms with Gasteiger partial charge in [0.05, 0.1) is 0 Å². The lowest BCUT2D eigenvalue weighted by Crippen LogP contribution is -2.42. The van der Waals surface area contributed by atoms with Crippen LogP contribution in [0.15, 0.2) is 36.4 Å². The minimum atomic E-state index is -1.05. The van der Waals surface area contributed by atoms with Gasteiger partial charge in [-0.3, -0.25) is 4.79 Å². The van der Waals surface area contributed by atoms with Crippen molar-refractivity contribution in [3.8, 4) is 5.75 Å². The third-order valence-electron chi connectivity index (χ3n) is 5.68. The van der Waals surface area contributed by atoms with Crippen molar-refractivity contribution in [3.05, 3.63) is 42.0 Å². The van der Waals surface area contributed by atoms with Crippen molar-refractivity contribution in [3.63, 3.8) is 0 Å². The number of carbonyl (C=O) groups is 2. The van der Waals surface area contributed by atoms with Gasteiger partial charge >= 0.3 is 5.97 Å². The van der Waals surface area contributed by atoms with Crippen molar-refractivity contribution in [2.45, 2.75) is 109 Å². The number of aromatic hydroxyl groups is 1. The molecular formula is C27H43NO4. The largest absolute Gasteiger partial charge is 0.508 e. The van der Waals surface area contributed by atoms with Crippen LogP contribution in [-0.4, -0.2) is 28.1 Å². The number of amides is 1. The lowest BCUT2D eigenvalue weighted by molar-refractivity contribution is -0.141. The molecule has 0 aliphatic rings. The Labute approximate surface area is 194 Å². The van der Waals surface area contributed by atoms with Crippen LogP contribution in [0.2, 0.25) is 0 Å². The van der Waals surface area contributed by atoms with Crippen LogP contribution in [0.4, 0.5) is 0 Å². The molecule has 1 rings (SSSR count). The van der Waals surface area contributed by atoms with Gasteiger partial charge in [0.15, 0.2) is 0 Å². The first-order valence-corrected chi connectivity index (χ1v) is 12.5. The summed E-state index contributed by atoms with van der Waals surface area (Å²) in [5.41, 5.74) is 0.761. The van der Waals surface area contributed by atoms with Gasteiger partial charge in [-0.15, -0.1) is 0 Å². The molecule has 180 valence electrons. The molecule has 5 nitrogen and oxygen atoms in total. The number of carboxylic acid groups (broad SMARTS) is 1. The van der Waals surface area contributed by atoms with Crippen LogP contribution >= 0.6 is 0 Å². The Morgan fingerprint density at radius 3 is 1.94 bits per heavy atom. The number of phenols is 1. The molecule has 1 aromatic carbocycles. The molecule has 0 fully saturated rings. The first-order valence-electron chi connectivity index (χ1n) is 12.5. The van der Waals surface area contributed by atoms with E-state index in [4.69, 9.17) is 0 Å². The molecule has 0 bridgehead atoms. The number of benzene rings is 1. The fourth-order valence-electron chi connectivity index (χ4n) is 3.69. The second-order valence-electron chi connectivity index (χ2n) is 8.66. The van der Waals surface area contributed by atoms with Crippen molar-refractivity contribution >= 4 is 11.9 Å². The van der Waals surface area contributed by atoms with E-state index in [1.165, 1.54) is 69.9 Å². The number of allylic oxidation sites excluding steroid dienone is 2. The van der Waals surface area contributed by atoms with E-state index in [1.54, 1.807) is 12.1 Å². The number of phenolic OH excluding ortho intramolecular Hbond substituents is 1. The number of carbonyl (C=O) groups excluding carboxylic acids is 1. The van der Waals surface area contributed by atoms with Crippen molar-refractivity contribution in [1.82, 2.24) is 5.32 Å². The predicted octanol–water partition coefficient (Wildman–Crippen LogP) is 6.54. The number of unbranched alkanes of at least 4 members (excludes halogenated alkanes) is 11. The highest BCUT2D eigenvalue weighted by molar-refractivity contribution is 5.83. The first kappa shape index (κ1) is 27.7. The number of hydrogen-bond donors (Lipinski definition) is 3. The van der Waals surface area contributed by atoms with Crippen LogP contribution in [0.3, 0.4) is 0 Å². The maximum Gasteiger partial charge on any atom is 0.326 e. The van der Waals surface area contributed by atoms with Gasteiger partial charge in [0.25, 0.3) is 0 Å². The number of rotatable bonds is 19. The molecule has 0 saturated carbocycles. The first-order chi connectivity index (χ1) is 15.5. The van der Waals surface area contributed by atoms with Gasteiger partial charge in [0.1, 0.15) is 11.8 Å². The summed E-state index contributed by atoms with van der Waals surface area (Å²) in [4.78, 5) is 23.6. The monoisotopic (exact) mass is 445 g/mol. The van der Waals surface area contributed by atoms with Crippen LogP contribution in [0.1, 0.15) is 102 Å². The number of carboxylic acids is 1. The zero-order valence-electron chi connectivity index (χ0n) is 19.9. The third kappa shape index (κ3) is 14.7. The highest BCUT2D eigenvalue weighted by Crippen LogP contribution is 2.13. The number of hydrogen-bond acceptors (Lipinski definition) is 3. The molecule has 1 atom stereocenters. The van der Waals surface area contributed by atoms with Crippen LogP contribution in [0, 0.1) is 0 Å². The van der Waals surface area contributed by atoms with E-state index in [-0.39, 0.29) is 18.1 Å². The zero-order valence-corrected chi connectivity index (χ0v) is 19.9. The van der Waals surface area contributed by atoms with Gasteiger partial charge in [0.2, 0.25) is 5.91 Å². The summed E-state index contributed by atoms with van der Waals surface area (Å²) in [6, 6.07) is 5.42. The van der Waals surface area contributed by atoms with E-state index in [1.807, 2.05) is 0 Å². The summed E-state index contributed by atoms with van der Waals surface area (Å²) in [6.07, 6.45) is 20.8. The molecule has 1 amide bonds. The highest BCUT2D eigenvalue weighted by atomic mass is 16.4. The van der Waals surface area contributed by atoms with Gasteiger partial charge in [-0.1, -0.05) is 82.6 Å². The molecule has 5 heteroatoms. The Balaban J connectivity index is 2.03. The van der Waals surface area contributed by atoms with E-state index >= 15 is 0 Å². The van der Waals surface area contributed by atoms with E-state index in [0.717, 1.165) is 31.2 Å².